The molecule has 0 aliphatic carbocycles. The van der Waals surface area contributed by atoms with Crippen molar-refractivity contribution >= 4 is 5.91 Å². The lowest BCUT2D eigenvalue weighted by Gasteiger charge is -2.20. The first-order valence-electron chi connectivity index (χ1n) is 8.83. The molecular weight excluding hydrogens is 338 g/mol. The molecule has 0 bridgehead atoms. The van der Waals surface area contributed by atoms with Gasteiger partial charge in [-0.3, -0.25) is 4.79 Å². The number of benzene rings is 3. The van der Waals surface area contributed by atoms with Crippen molar-refractivity contribution in [2.45, 2.75) is 13.0 Å². The number of aryl methyl sites for hydroxylation is 1. The van der Waals surface area contributed by atoms with Crippen LogP contribution in [-0.2, 0) is 4.79 Å². The molecule has 4 nitrogen and oxygen atoms in total. The lowest BCUT2D eigenvalue weighted by molar-refractivity contribution is -0.123. The van der Waals surface area contributed by atoms with Gasteiger partial charge in [0.05, 0.1) is 13.2 Å². The van der Waals surface area contributed by atoms with Crippen LogP contribution in [0.2, 0.25) is 0 Å². The van der Waals surface area contributed by atoms with Gasteiger partial charge in [0, 0.05) is 0 Å². The zero-order valence-electron chi connectivity index (χ0n) is 15.5. The summed E-state index contributed by atoms with van der Waals surface area (Å²) >= 11 is 0. The molecule has 138 valence electrons. The van der Waals surface area contributed by atoms with E-state index in [1.807, 2.05) is 61.5 Å². The molecule has 4 heteroatoms. The molecule has 0 spiro atoms. The molecule has 0 heterocycles. The summed E-state index contributed by atoms with van der Waals surface area (Å²) in [5.41, 5.74) is 3.24. The molecule has 1 atom stereocenters. The minimum Gasteiger partial charge on any atom is -0.497 e. The Labute approximate surface area is 159 Å². The maximum atomic E-state index is 12.5. The Kier molecular flexibility index (Phi) is 6.10. The fourth-order valence-corrected chi connectivity index (χ4v) is 2.79. The topological polar surface area (TPSA) is 47.6 Å². The second-order valence-electron chi connectivity index (χ2n) is 6.29. The van der Waals surface area contributed by atoms with E-state index in [1.165, 1.54) is 5.56 Å². The molecule has 1 unspecified atom stereocenters. The Bertz CT molecular complexity index is 858. The van der Waals surface area contributed by atoms with Gasteiger partial charge < -0.3 is 14.8 Å². The summed E-state index contributed by atoms with van der Waals surface area (Å²) in [4.78, 5) is 12.5. The first-order valence-corrected chi connectivity index (χ1v) is 8.83. The molecule has 1 amide bonds. The summed E-state index contributed by atoms with van der Waals surface area (Å²) in [6.45, 7) is 1.99. The van der Waals surface area contributed by atoms with Crippen molar-refractivity contribution in [3.63, 3.8) is 0 Å². The number of nitrogens with one attached hydrogen (secondary N) is 1. The van der Waals surface area contributed by atoms with Gasteiger partial charge in [-0.15, -0.1) is 0 Å². The maximum absolute atomic E-state index is 12.5. The molecule has 27 heavy (non-hydrogen) atoms. The van der Waals surface area contributed by atoms with Crippen LogP contribution in [0.15, 0.2) is 78.9 Å². The number of hydrogen-bond donors (Lipinski definition) is 1. The number of methoxy groups -OCH3 is 1. The monoisotopic (exact) mass is 361 g/mol. The van der Waals surface area contributed by atoms with E-state index in [9.17, 15) is 4.79 Å². The van der Waals surface area contributed by atoms with Crippen LogP contribution >= 0.6 is 0 Å². The molecule has 0 aliphatic heterocycles. The molecular formula is C23H23NO3. The van der Waals surface area contributed by atoms with Gasteiger partial charge >= 0.3 is 0 Å². The average Bonchev–Trinajstić information content (AvgIpc) is 2.72. The Morgan fingerprint density at radius 3 is 2.07 bits per heavy atom. The minimum atomic E-state index is -0.223. The van der Waals surface area contributed by atoms with Crippen molar-refractivity contribution in [2.24, 2.45) is 0 Å². The molecule has 0 fully saturated rings. The predicted molar refractivity (Wildman–Crippen MR) is 106 cm³/mol. The zero-order valence-corrected chi connectivity index (χ0v) is 15.5. The minimum absolute atomic E-state index is 0.0540. The molecule has 1 N–H and O–H groups in total. The Balaban J connectivity index is 1.69. The van der Waals surface area contributed by atoms with Crippen LogP contribution in [0.3, 0.4) is 0 Å². The summed E-state index contributed by atoms with van der Waals surface area (Å²) in [6, 6.07) is 25.0. The van der Waals surface area contributed by atoms with E-state index < -0.39 is 0 Å². The fraction of sp³-hybridized carbons (Fsp3) is 0.174. The lowest BCUT2D eigenvalue weighted by Crippen LogP contribution is -2.33. The van der Waals surface area contributed by atoms with E-state index in [-0.39, 0.29) is 18.6 Å². The van der Waals surface area contributed by atoms with Crippen LogP contribution in [0.25, 0.3) is 0 Å². The largest absolute Gasteiger partial charge is 0.497 e. The highest BCUT2D eigenvalue weighted by molar-refractivity contribution is 5.78. The standard InChI is InChI=1S/C23H23NO3/c1-17-8-10-19(11-9-17)23(18-6-4-3-5-7-18)24-22(25)16-27-21-14-12-20(26-2)13-15-21/h3-15,23H,16H2,1-2H3,(H,24,25). The van der Waals surface area contributed by atoms with Gasteiger partial charge in [-0.25, -0.2) is 0 Å². The van der Waals surface area contributed by atoms with E-state index in [4.69, 9.17) is 9.47 Å². The molecule has 3 rings (SSSR count). The van der Waals surface area contributed by atoms with Crippen LogP contribution in [0.1, 0.15) is 22.7 Å². The second-order valence-corrected chi connectivity index (χ2v) is 6.29. The number of amides is 1. The van der Waals surface area contributed by atoms with Crippen molar-refractivity contribution < 1.29 is 14.3 Å². The Morgan fingerprint density at radius 1 is 0.852 bits per heavy atom. The second kappa shape index (κ2) is 8.90. The third-order valence-electron chi connectivity index (χ3n) is 4.28. The van der Waals surface area contributed by atoms with E-state index in [0.29, 0.717) is 5.75 Å². The summed E-state index contributed by atoms with van der Waals surface area (Å²) in [5, 5.41) is 3.07. The molecule has 0 saturated heterocycles. The summed E-state index contributed by atoms with van der Waals surface area (Å²) in [6.07, 6.45) is 0. The number of carbonyl (C=O) groups excluding carboxylic acids is 1. The van der Waals surface area contributed by atoms with Gasteiger partial charge in [-0.2, -0.15) is 0 Å². The summed E-state index contributed by atoms with van der Waals surface area (Å²) < 4.78 is 10.7. The number of carbonyl (C=O) groups is 1. The van der Waals surface area contributed by atoms with E-state index in [1.54, 1.807) is 31.4 Å². The van der Waals surface area contributed by atoms with Crippen molar-refractivity contribution in [1.82, 2.24) is 5.32 Å². The summed E-state index contributed by atoms with van der Waals surface area (Å²) in [7, 11) is 1.61. The predicted octanol–water partition coefficient (Wildman–Crippen LogP) is 4.29. The lowest BCUT2D eigenvalue weighted by atomic mass is 9.98. The van der Waals surface area contributed by atoms with Crippen molar-refractivity contribution in [3.05, 3.63) is 95.6 Å². The van der Waals surface area contributed by atoms with Crippen LogP contribution < -0.4 is 14.8 Å². The van der Waals surface area contributed by atoms with Crippen LogP contribution in [0, 0.1) is 6.92 Å². The SMILES string of the molecule is COc1ccc(OCC(=O)NC(c2ccccc2)c2ccc(C)cc2)cc1. The van der Waals surface area contributed by atoms with Crippen molar-refractivity contribution in [3.8, 4) is 11.5 Å². The van der Waals surface area contributed by atoms with Crippen LogP contribution in [-0.4, -0.2) is 19.6 Å². The molecule has 3 aromatic carbocycles. The third-order valence-corrected chi connectivity index (χ3v) is 4.28. The first-order chi connectivity index (χ1) is 13.2. The Hall–Kier alpha value is -3.27. The van der Waals surface area contributed by atoms with Gasteiger partial charge in [0.2, 0.25) is 0 Å². The van der Waals surface area contributed by atoms with Gasteiger partial charge in [-0.1, -0.05) is 60.2 Å². The van der Waals surface area contributed by atoms with Gasteiger partial charge in [-0.05, 0) is 42.3 Å². The zero-order chi connectivity index (χ0) is 19.1. The number of rotatable bonds is 7. The van der Waals surface area contributed by atoms with Gasteiger partial charge in [0.1, 0.15) is 11.5 Å². The molecule has 0 radical (unpaired) electrons. The highest BCUT2D eigenvalue weighted by Crippen LogP contribution is 2.22. The smallest absolute Gasteiger partial charge is 0.258 e. The normalized spacial score (nSPS) is 11.5. The van der Waals surface area contributed by atoms with Gasteiger partial charge in [0.25, 0.3) is 5.91 Å². The molecule has 0 aromatic heterocycles. The van der Waals surface area contributed by atoms with Crippen LogP contribution in [0.5, 0.6) is 11.5 Å². The molecule has 0 aliphatic rings. The third kappa shape index (κ3) is 5.11. The van der Waals surface area contributed by atoms with Crippen LogP contribution in [0.4, 0.5) is 0 Å². The number of ether oxygens (including phenoxy) is 2. The van der Waals surface area contributed by atoms with Crippen molar-refractivity contribution in [1.29, 1.82) is 0 Å². The highest BCUT2D eigenvalue weighted by atomic mass is 16.5. The Morgan fingerprint density at radius 2 is 1.44 bits per heavy atom. The number of hydrogen-bond acceptors (Lipinski definition) is 3. The first kappa shape index (κ1) is 18.5. The maximum Gasteiger partial charge on any atom is 0.258 e. The fourth-order valence-electron chi connectivity index (χ4n) is 2.79. The summed E-state index contributed by atoms with van der Waals surface area (Å²) in [5.74, 6) is 1.19. The van der Waals surface area contributed by atoms with E-state index in [2.05, 4.69) is 5.32 Å². The highest BCUT2D eigenvalue weighted by Gasteiger charge is 2.17. The molecule has 0 saturated carbocycles. The van der Waals surface area contributed by atoms with E-state index in [0.717, 1.165) is 16.9 Å². The quantitative estimate of drug-likeness (QED) is 0.683. The molecule has 3 aromatic rings. The average molecular weight is 361 g/mol. The van der Waals surface area contributed by atoms with Crippen molar-refractivity contribution in [2.75, 3.05) is 13.7 Å². The van der Waals surface area contributed by atoms with E-state index >= 15 is 0 Å². The van der Waals surface area contributed by atoms with Gasteiger partial charge in [0.15, 0.2) is 6.61 Å².